The van der Waals surface area contributed by atoms with Crippen LogP contribution in [-0.4, -0.2) is 23.3 Å². The van der Waals surface area contributed by atoms with Crippen molar-refractivity contribution in [3.63, 3.8) is 0 Å². The van der Waals surface area contributed by atoms with E-state index in [-0.39, 0.29) is 12.5 Å². The van der Waals surface area contributed by atoms with E-state index in [1.165, 1.54) is 11.8 Å². The van der Waals surface area contributed by atoms with Crippen molar-refractivity contribution in [3.05, 3.63) is 92.8 Å². The zero-order valence-corrected chi connectivity index (χ0v) is 22.5. The maximum Gasteiger partial charge on any atom is 0.270 e. The van der Waals surface area contributed by atoms with Crippen LogP contribution in [0.25, 0.3) is 6.08 Å². The Labute approximate surface area is 225 Å². The Hall–Kier alpha value is -2.51. The number of halogens is 2. The smallest absolute Gasteiger partial charge is 0.270 e. The number of para-hydroxylation sites is 1. The van der Waals surface area contributed by atoms with E-state index in [0.717, 1.165) is 35.6 Å². The molecule has 3 aromatic carbocycles. The average Bonchev–Trinajstić information content (AvgIpc) is 3.13. The number of anilines is 2. The van der Waals surface area contributed by atoms with Crippen LogP contribution in [-0.2, 0) is 11.4 Å². The summed E-state index contributed by atoms with van der Waals surface area (Å²) in [5.41, 5.74) is 3.41. The van der Waals surface area contributed by atoms with Crippen LogP contribution in [0.2, 0.25) is 10.0 Å². The maximum absolute atomic E-state index is 13.2. The molecule has 0 aromatic heterocycles. The molecule has 0 atom stereocenters. The van der Waals surface area contributed by atoms with Gasteiger partial charge in [-0.15, -0.1) is 0 Å². The quantitative estimate of drug-likeness (QED) is 0.214. The van der Waals surface area contributed by atoms with Gasteiger partial charge < -0.3 is 9.64 Å². The summed E-state index contributed by atoms with van der Waals surface area (Å²) in [5, 5.41) is 1.12. The number of thioether (sulfide) groups is 1. The summed E-state index contributed by atoms with van der Waals surface area (Å²) in [6.45, 7) is 6.23. The molecule has 0 saturated carbocycles. The SMILES string of the molecule is CCN(CC)c1ccc(/C=C2/SC(=S)N(c3ccccc3)C2=O)c(OCc2ccc(Cl)cc2Cl)c1. The maximum atomic E-state index is 13.2. The van der Waals surface area contributed by atoms with Crippen molar-refractivity contribution >= 4 is 74.9 Å². The van der Waals surface area contributed by atoms with Gasteiger partial charge in [-0.05, 0) is 56.3 Å². The van der Waals surface area contributed by atoms with Gasteiger partial charge in [-0.25, -0.2) is 0 Å². The molecule has 1 aliphatic heterocycles. The third kappa shape index (κ3) is 5.84. The van der Waals surface area contributed by atoms with E-state index in [0.29, 0.717) is 25.0 Å². The molecular formula is C27H24Cl2N2O2S2. The lowest BCUT2D eigenvalue weighted by Gasteiger charge is -2.22. The predicted molar refractivity (Wildman–Crippen MR) is 153 cm³/mol. The molecule has 4 nitrogen and oxygen atoms in total. The molecular weight excluding hydrogens is 519 g/mol. The highest BCUT2D eigenvalue weighted by atomic mass is 35.5. The first-order valence-corrected chi connectivity index (χ1v) is 13.2. The van der Waals surface area contributed by atoms with Crippen LogP contribution in [0.3, 0.4) is 0 Å². The van der Waals surface area contributed by atoms with Crippen LogP contribution in [0.4, 0.5) is 11.4 Å². The van der Waals surface area contributed by atoms with Crippen LogP contribution in [0.1, 0.15) is 25.0 Å². The normalized spacial score (nSPS) is 14.6. The summed E-state index contributed by atoms with van der Waals surface area (Å²) in [5.74, 6) is 0.510. The van der Waals surface area contributed by atoms with Crippen LogP contribution in [0, 0.1) is 0 Å². The van der Waals surface area contributed by atoms with Crippen molar-refractivity contribution in [3.8, 4) is 5.75 Å². The van der Waals surface area contributed by atoms with Gasteiger partial charge in [0.2, 0.25) is 0 Å². The summed E-state index contributed by atoms with van der Waals surface area (Å²) in [7, 11) is 0. The fourth-order valence-corrected chi connectivity index (χ4v) is 5.51. The molecule has 0 unspecified atom stereocenters. The van der Waals surface area contributed by atoms with Crippen molar-refractivity contribution in [1.82, 2.24) is 0 Å². The molecule has 1 fully saturated rings. The molecule has 1 heterocycles. The van der Waals surface area contributed by atoms with Gasteiger partial charge in [-0.2, -0.15) is 0 Å². The molecule has 8 heteroatoms. The standard InChI is InChI=1S/C27H24Cl2N2O2S2/c1-3-30(4-2)22-13-11-18(24(16-22)33-17-19-10-12-20(28)15-23(19)29)14-25-26(32)31(27(34)35-25)21-8-6-5-7-9-21/h5-16H,3-4,17H2,1-2H3/b25-14+. The van der Waals surface area contributed by atoms with E-state index in [1.807, 2.05) is 60.7 Å². The zero-order chi connectivity index (χ0) is 24.9. The lowest BCUT2D eigenvalue weighted by molar-refractivity contribution is -0.113. The van der Waals surface area contributed by atoms with Gasteiger partial charge in [0.15, 0.2) is 4.32 Å². The van der Waals surface area contributed by atoms with Crippen LogP contribution >= 0.6 is 47.2 Å². The number of ether oxygens (including phenoxy) is 1. The third-order valence-electron chi connectivity index (χ3n) is 5.62. The van der Waals surface area contributed by atoms with E-state index in [9.17, 15) is 4.79 Å². The number of thiocarbonyl (C=S) groups is 1. The number of carbonyl (C=O) groups is 1. The van der Waals surface area contributed by atoms with Crippen molar-refractivity contribution in [2.75, 3.05) is 22.9 Å². The first-order valence-electron chi connectivity index (χ1n) is 11.2. The van der Waals surface area contributed by atoms with Crippen LogP contribution in [0.5, 0.6) is 5.75 Å². The van der Waals surface area contributed by atoms with Gasteiger partial charge in [0.1, 0.15) is 12.4 Å². The van der Waals surface area contributed by atoms with Gasteiger partial charge in [-0.3, -0.25) is 9.69 Å². The second-order valence-corrected chi connectivity index (χ2v) is 10.3. The Balaban J connectivity index is 1.67. The lowest BCUT2D eigenvalue weighted by Crippen LogP contribution is -2.27. The number of nitrogens with zero attached hydrogens (tertiary/aromatic N) is 2. The fourth-order valence-electron chi connectivity index (χ4n) is 3.76. The second-order valence-electron chi connectivity index (χ2n) is 7.77. The number of hydrogen-bond donors (Lipinski definition) is 0. The van der Waals surface area contributed by atoms with Gasteiger partial charge in [0.05, 0.1) is 10.6 Å². The first-order chi connectivity index (χ1) is 16.9. The highest BCUT2D eigenvalue weighted by Gasteiger charge is 2.33. The lowest BCUT2D eigenvalue weighted by atomic mass is 10.1. The molecule has 1 amide bonds. The minimum absolute atomic E-state index is 0.147. The Morgan fingerprint density at radius 1 is 1.03 bits per heavy atom. The molecule has 180 valence electrons. The Morgan fingerprint density at radius 3 is 2.46 bits per heavy atom. The van der Waals surface area contributed by atoms with E-state index >= 15 is 0 Å². The van der Waals surface area contributed by atoms with Crippen LogP contribution in [0.15, 0.2) is 71.6 Å². The van der Waals surface area contributed by atoms with E-state index < -0.39 is 0 Å². The average molecular weight is 544 g/mol. The second kappa shape index (κ2) is 11.5. The van der Waals surface area contributed by atoms with Gasteiger partial charge in [0.25, 0.3) is 5.91 Å². The van der Waals surface area contributed by atoms with E-state index in [1.54, 1.807) is 17.0 Å². The Bertz CT molecular complexity index is 1280. The topological polar surface area (TPSA) is 32.8 Å². The van der Waals surface area contributed by atoms with E-state index in [4.69, 9.17) is 40.2 Å². The van der Waals surface area contributed by atoms with E-state index in [2.05, 4.69) is 18.7 Å². The number of benzene rings is 3. The molecule has 3 aromatic rings. The molecule has 0 spiro atoms. The molecule has 0 radical (unpaired) electrons. The summed E-state index contributed by atoms with van der Waals surface area (Å²) < 4.78 is 6.74. The molecule has 0 bridgehead atoms. The predicted octanol–water partition coefficient (Wildman–Crippen LogP) is 7.82. The number of hydrogen-bond acceptors (Lipinski definition) is 5. The molecule has 35 heavy (non-hydrogen) atoms. The van der Waals surface area contributed by atoms with Gasteiger partial charge >= 0.3 is 0 Å². The highest BCUT2D eigenvalue weighted by Crippen LogP contribution is 2.38. The number of amides is 1. The minimum Gasteiger partial charge on any atom is -0.488 e. The van der Waals surface area contributed by atoms with Crippen molar-refractivity contribution in [1.29, 1.82) is 0 Å². The molecule has 1 saturated heterocycles. The van der Waals surface area contributed by atoms with Crippen LogP contribution < -0.4 is 14.5 Å². The third-order valence-corrected chi connectivity index (χ3v) is 7.51. The van der Waals surface area contributed by atoms with Crippen molar-refractivity contribution < 1.29 is 9.53 Å². The summed E-state index contributed by atoms with van der Waals surface area (Å²) in [6, 6.07) is 20.8. The zero-order valence-electron chi connectivity index (χ0n) is 19.3. The minimum atomic E-state index is -0.147. The number of carbonyl (C=O) groups excluding carboxylic acids is 1. The molecule has 4 rings (SSSR count). The van der Waals surface area contributed by atoms with Crippen molar-refractivity contribution in [2.24, 2.45) is 0 Å². The summed E-state index contributed by atoms with van der Waals surface area (Å²) in [4.78, 5) is 17.6. The van der Waals surface area contributed by atoms with Crippen molar-refractivity contribution in [2.45, 2.75) is 20.5 Å². The number of rotatable bonds is 8. The fraction of sp³-hybridized carbons (Fsp3) is 0.185. The summed E-state index contributed by atoms with van der Waals surface area (Å²) in [6.07, 6.45) is 1.84. The Kier molecular flexibility index (Phi) is 8.39. The molecule has 1 aliphatic rings. The molecule has 0 N–H and O–H groups in total. The molecule has 0 aliphatic carbocycles. The Morgan fingerprint density at radius 2 is 1.77 bits per heavy atom. The van der Waals surface area contributed by atoms with Gasteiger partial charge in [0, 0.05) is 46.0 Å². The summed E-state index contributed by atoms with van der Waals surface area (Å²) >= 11 is 19.2. The van der Waals surface area contributed by atoms with Gasteiger partial charge in [-0.1, -0.05) is 71.4 Å². The largest absolute Gasteiger partial charge is 0.488 e. The monoisotopic (exact) mass is 542 g/mol. The first kappa shape index (κ1) is 25.6. The highest BCUT2D eigenvalue weighted by molar-refractivity contribution is 8.27.